The van der Waals surface area contributed by atoms with Crippen molar-refractivity contribution in [2.24, 2.45) is 0 Å². The SMILES string of the molecule is C=C1C=CCc2cc(N(C3=CC=CCC3)c3ccccc3)ccc2N1c1cc2c(c3c1Oc1ccccc1O3)C=Cc1cc3c(cc1C2(C)C)Oc1ccccc1O3.CC.c1ccc(Nc2ccccc2)cc1. The lowest BCUT2D eigenvalue weighted by Crippen LogP contribution is -2.24. The van der Waals surface area contributed by atoms with Crippen LogP contribution in [0.4, 0.5) is 34.1 Å². The molecule has 0 atom stereocenters. The maximum atomic E-state index is 6.91. The van der Waals surface area contributed by atoms with Crippen LogP contribution in [0.5, 0.6) is 46.0 Å². The van der Waals surface area contributed by atoms with Crippen LogP contribution in [0.25, 0.3) is 12.2 Å². The maximum absolute atomic E-state index is 6.91. The number of fused-ring (bicyclic) bond motifs is 8. The van der Waals surface area contributed by atoms with Crippen molar-refractivity contribution in [2.45, 2.75) is 52.4 Å². The van der Waals surface area contributed by atoms with Crippen LogP contribution in [0.15, 0.2) is 224 Å². The molecule has 0 radical (unpaired) electrons. The van der Waals surface area contributed by atoms with E-state index in [1.54, 1.807) is 0 Å². The van der Waals surface area contributed by atoms with Gasteiger partial charge in [0.05, 0.1) is 5.69 Å². The number of hydrogen-bond donors (Lipinski definition) is 1. The molecule has 0 saturated heterocycles. The molecule has 73 heavy (non-hydrogen) atoms. The van der Waals surface area contributed by atoms with Crippen molar-refractivity contribution >= 4 is 46.3 Å². The molecule has 0 aromatic heterocycles. The molecule has 0 saturated carbocycles. The van der Waals surface area contributed by atoms with Gasteiger partial charge < -0.3 is 34.1 Å². The number of nitrogens with zero attached hydrogens (tertiary/aromatic N) is 2. The Morgan fingerprint density at radius 2 is 1.12 bits per heavy atom. The van der Waals surface area contributed by atoms with E-state index in [1.807, 2.05) is 123 Å². The number of allylic oxidation sites excluding steroid dienone is 6. The second-order valence-electron chi connectivity index (χ2n) is 18.6. The van der Waals surface area contributed by atoms with Crippen LogP contribution in [0.3, 0.4) is 0 Å². The molecule has 2 aliphatic carbocycles. The summed E-state index contributed by atoms with van der Waals surface area (Å²) in [4.78, 5) is 4.62. The van der Waals surface area contributed by atoms with E-state index in [0.717, 1.165) is 81.3 Å². The van der Waals surface area contributed by atoms with E-state index < -0.39 is 5.41 Å². The first-order valence-electron chi connectivity index (χ1n) is 25.2. The molecule has 0 spiro atoms. The summed E-state index contributed by atoms with van der Waals surface area (Å²) in [5, 5.41) is 3.30. The molecule has 360 valence electrons. The maximum Gasteiger partial charge on any atom is 0.194 e. The van der Waals surface area contributed by atoms with Gasteiger partial charge >= 0.3 is 0 Å². The minimum atomic E-state index is -0.512. The highest BCUT2D eigenvalue weighted by atomic mass is 16.6. The smallest absolute Gasteiger partial charge is 0.194 e. The van der Waals surface area contributed by atoms with Crippen molar-refractivity contribution in [1.82, 2.24) is 0 Å². The van der Waals surface area contributed by atoms with Crippen LogP contribution < -0.4 is 34.1 Å². The first kappa shape index (κ1) is 46.4. The van der Waals surface area contributed by atoms with Crippen molar-refractivity contribution < 1.29 is 18.9 Å². The molecule has 7 nitrogen and oxygen atoms in total. The molecular formula is C66H57N3O4. The van der Waals surface area contributed by atoms with E-state index in [4.69, 9.17) is 18.9 Å². The van der Waals surface area contributed by atoms with Gasteiger partial charge in [0.25, 0.3) is 0 Å². The van der Waals surface area contributed by atoms with E-state index in [-0.39, 0.29) is 0 Å². The number of hydrogen-bond acceptors (Lipinski definition) is 7. The second-order valence-corrected chi connectivity index (χ2v) is 18.6. The van der Waals surface area contributed by atoms with Crippen LogP contribution in [0, 0.1) is 0 Å². The molecule has 7 heteroatoms. The van der Waals surface area contributed by atoms with Gasteiger partial charge in [0.2, 0.25) is 0 Å². The molecule has 0 bridgehead atoms. The zero-order valence-electron chi connectivity index (χ0n) is 41.6. The Labute approximate surface area is 428 Å². The Hall–Kier alpha value is -8.94. The highest BCUT2D eigenvalue weighted by Gasteiger charge is 2.39. The van der Waals surface area contributed by atoms with Crippen molar-refractivity contribution in [3.05, 3.63) is 252 Å². The number of anilines is 6. The number of nitrogens with one attached hydrogen (secondary N) is 1. The van der Waals surface area contributed by atoms with Gasteiger partial charge in [0, 0.05) is 50.8 Å². The standard InChI is InChI=1S/C52H40N2O4.C12H11N.C2H6/c1-33-15-14-16-35-29-38(54(36-17-6-4-7-18-36)37-19-8-5-9-20-37)26-28-42(35)53(33)43-31-41-39(50-51(43)58-47-24-13-12-23-46(47)57-50)27-25-34-30-48-49(32-40(34)52(41,2)3)56-45-22-11-10-21-44(45)55-48;1-3-7-11(8-4-1)13-12-9-5-2-6-10-12;1-2/h4-8,10-15,17-19,21-32H,1,9,16,20H2,2-3H3;1-10,13H;1-2H3. The number of rotatable bonds is 6. The zero-order valence-corrected chi connectivity index (χ0v) is 41.6. The molecular weight excluding hydrogens is 899 g/mol. The fraction of sp³-hybridized carbons (Fsp3) is 0.121. The number of para-hydroxylation sites is 7. The first-order chi connectivity index (χ1) is 35.9. The molecule has 0 unspecified atom stereocenters. The molecule has 8 aromatic carbocycles. The average molecular weight is 956 g/mol. The van der Waals surface area contributed by atoms with Crippen molar-refractivity contribution in [3.8, 4) is 46.0 Å². The quantitative estimate of drug-likeness (QED) is 0.178. The van der Waals surface area contributed by atoms with Crippen LogP contribution in [0.2, 0.25) is 0 Å². The summed E-state index contributed by atoms with van der Waals surface area (Å²) in [6.07, 6.45) is 18.0. The Kier molecular flexibility index (Phi) is 12.8. The number of ether oxygens (including phenoxy) is 4. The van der Waals surface area contributed by atoms with E-state index in [9.17, 15) is 0 Å². The summed E-state index contributed by atoms with van der Waals surface area (Å²) in [6, 6.07) is 59.8. The van der Waals surface area contributed by atoms with Gasteiger partial charge in [-0.05, 0) is 151 Å². The lowest BCUT2D eigenvalue weighted by Gasteiger charge is -2.36. The average Bonchev–Trinajstić information content (AvgIpc) is 3.66. The lowest BCUT2D eigenvalue weighted by atomic mass is 9.75. The van der Waals surface area contributed by atoms with E-state index in [1.165, 1.54) is 11.3 Å². The predicted molar refractivity (Wildman–Crippen MR) is 300 cm³/mol. The fourth-order valence-corrected chi connectivity index (χ4v) is 10.1. The van der Waals surface area contributed by atoms with Crippen LogP contribution in [0.1, 0.15) is 68.4 Å². The summed E-state index contributed by atoms with van der Waals surface area (Å²) in [5.41, 5.74) is 13.3. The van der Waals surface area contributed by atoms with Gasteiger partial charge in [-0.3, -0.25) is 0 Å². The van der Waals surface area contributed by atoms with Crippen LogP contribution in [-0.2, 0) is 11.8 Å². The van der Waals surface area contributed by atoms with Crippen LogP contribution >= 0.6 is 0 Å². The highest BCUT2D eigenvalue weighted by Crippen LogP contribution is 2.59. The summed E-state index contributed by atoms with van der Waals surface area (Å²) in [6.45, 7) is 13.2. The van der Waals surface area contributed by atoms with Gasteiger partial charge in [-0.15, -0.1) is 0 Å². The molecule has 1 N–H and O–H groups in total. The lowest BCUT2D eigenvalue weighted by molar-refractivity contribution is 0.357. The summed E-state index contributed by atoms with van der Waals surface area (Å²) in [7, 11) is 0. The van der Waals surface area contributed by atoms with E-state index in [2.05, 4.69) is 145 Å². The van der Waals surface area contributed by atoms with Gasteiger partial charge in [-0.1, -0.05) is 144 Å². The topological polar surface area (TPSA) is 55.4 Å². The summed E-state index contributed by atoms with van der Waals surface area (Å²) in [5.74, 6) is 5.42. The van der Waals surface area contributed by atoms with Crippen molar-refractivity contribution in [1.29, 1.82) is 0 Å². The van der Waals surface area contributed by atoms with Crippen LogP contribution in [-0.4, -0.2) is 0 Å². The minimum absolute atomic E-state index is 0.512. The largest absolute Gasteiger partial charge is 0.450 e. The Morgan fingerprint density at radius 1 is 0.534 bits per heavy atom. The third-order valence-corrected chi connectivity index (χ3v) is 13.6. The normalized spacial score (nSPS) is 14.6. The summed E-state index contributed by atoms with van der Waals surface area (Å²) >= 11 is 0. The highest BCUT2D eigenvalue weighted by molar-refractivity contribution is 5.90. The molecule has 0 amide bonds. The molecule has 8 aromatic rings. The zero-order chi connectivity index (χ0) is 49.9. The van der Waals surface area contributed by atoms with Gasteiger partial charge in [0.1, 0.15) is 0 Å². The second kappa shape index (κ2) is 20.1. The molecule has 0 fully saturated rings. The predicted octanol–water partition coefficient (Wildman–Crippen LogP) is 18.9. The third-order valence-electron chi connectivity index (χ3n) is 13.6. The first-order valence-corrected chi connectivity index (χ1v) is 25.2. The molecule has 3 aliphatic heterocycles. The van der Waals surface area contributed by atoms with E-state index in [0.29, 0.717) is 46.0 Å². The monoisotopic (exact) mass is 955 g/mol. The molecule has 3 heterocycles. The van der Waals surface area contributed by atoms with Gasteiger partial charge in [-0.2, -0.15) is 0 Å². The third kappa shape index (κ3) is 9.06. The van der Waals surface area contributed by atoms with Crippen molar-refractivity contribution in [3.63, 3.8) is 0 Å². The van der Waals surface area contributed by atoms with E-state index >= 15 is 0 Å². The Morgan fingerprint density at radius 3 is 1.75 bits per heavy atom. The number of benzene rings is 8. The minimum Gasteiger partial charge on any atom is -0.450 e. The fourth-order valence-electron chi connectivity index (χ4n) is 10.1. The summed E-state index contributed by atoms with van der Waals surface area (Å²) < 4.78 is 26.6. The van der Waals surface area contributed by atoms with Gasteiger partial charge in [0.15, 0.2) is 46.0 Å². The van der Waals surface area contributed by atoms with Gasteiger partial charge in [-0.25, -0.2) is 0 Å². The van der Waals surface area contributed by atoms with Crippen molar-refractivity contribution in [2.75, 3.05) is 15.1 Å². The molecule has 13 rings (SSSR count). The molecule has 5 aliphatic rings. The Balaban J connectivity index is 0.000000331. The Bertz CT molecular complexity index is 3450.